The maximum absolute atomic E-state index is 13.7. The second-order valence-corrected chi connectivity index (χ2v) is 8.43. The summed E-state index contributed by atoms with van der Waals surface area (Å²) in [5.41, 5.74) is 1.81. The molecule has 2 unspecified atom stereocenters. The second-order valence-electron chi connectivity index (χ2n) is 8.43. The van der Waals surface area contributed by atoms with Crippen LogP contribution >= 0.6 is 0 Å². The molecule has 1 amide bonds. The van der Waals surface area contributed by atoms with Crippen LogP contribution < -0.4 is 19.1 Å². The van der Waals surface area contributed by atoms with E-state index in [-0.39, 0.29) is 24.2 Å². The quantitative estimate of drug-likeness (QED) is 0.578. The third-order valence-corrected chi connectivity index (χ3v) is 6.28. The minimum atomic E-state index is -0.878. The van der Waals surface area contributed by atoms with Crippen molar-refractivity contribution in [1.29, 1.82) is 5.26 Å². The monoisotopic (exact) mass is 464 g/mol. The van der Waals surface area contributed by atoms with E-state index < -0.39 is 12.0 Å². The molecule has 1 saturated heterocycles. The maximum atomic E-state index is 13.7. The van der Waals surface area contributed by atoms with E-state index >= 15 is 0 Å². The predicted octanol–water partition coefficient (Wildman–Crippen LogP) is 3.56. The van der Waals surface area contributed by atoms with Crippen LogP contribution in [0.3, 0.4) is 0 Å². The molecule has 2 atom stereocenters. The highest BCUT2D eigenvalue weighted by Crippen LogP contribution is 2.38. The normalized spacial score (nSPS) is 19.2. The summed E-state index contributed by atoms with van der Waals surface area (Å²) in [6, 6.07) is 12.5. The highest BCUT2D eigenvalue weighted by molar-refractivity contribution is 6.22. The smallest absolute Gasteiger partial charge is 0.238 e. The summed E-state index contributed by atoms with van der Waals surface area (Å²) in [6.45, 7) is 2.77. The molecule has 2 aromatic rings. The summed E-state index contributed by atoms with van der Waals surface area (Å²) >= 11 is 0. The number of ether oxygens (including phenoxy) is 4. The van der Waals surface area contributed by atoms with Crippen LogP contribution in [0.2, 0.25) is 0 Å². The molecule has 0 N–H and O–H groups in total. The van der Waals surface area contributed by atoms with Crippen LogP contribution in [0.25, 0.3) is 0 Å². The number of carbonyl (C=O) groups excluding carboxylic acids is 2. The van der Waals surface area contributed by atoms with Gasteiger partial charge in [0, 0.05) is 24.8 Å². The number of nitriles is 1. The summed E-state index contributed by atoms with van der Waals surface area (Å²) in [5.74, 6) is 0.199. The van der Waals surface area contributed by atoms with Crippen LogP contribution in [-0.4, -0.2) is 51.3 Å². The number of Topliss-reactive ketones (excluding diaryl/α,β-unsaturated/α-hetero) is 1. The second kappa shape index (κ2) is 10.1. The SMILES string of the molecule is COc1ccc(CC2C(=O)c3cc(OC(C)C#N)ccc3N(C3CCOCC3)C2=O)cc1OC. The number of carbonyl (C=O) groups is 2. The number of benzene rings is 2. The molecule has 0 aliphatic carbocycles. The van der Waals surface area contributed by atoms with Crippen molar-refractivity contribution < 1.29 is 28.5 Å². The van der Waals surface area contributed by atoms with Gasteiger partial charge < -0.3 is 23.8 Å². The van der Waals surface area contributed by atoms with Gasteiger partial charge in [0.05, 0.1) is 19.9 Å². The Kier molecular flexibility index (Phi) is 7.03. The number of hydrogen-bond donors (Lipinski definition) is 0. The number of ketones is 1. The minimum absolute atomic E-state index is 0.0502. The fourth-order valence-corrected chi connectivity index (χ4v) is 4.56. The average Bonchev–Trinajstić information content (AvgIpc) is 2.87. The van der Waals surface area contributed by atoms with Crippen molar-refractivity contribution in [3.8, 4) is 23.3 Å². The first-order valence-electron chi connectivity index (χ1n) is 11.3. The van der Waals surface area contributed by atoms with Gasteiger partial charge in [-0.25, -0.2) is 0 Å². The molecule has 8 nitrogen and oxygen atoms in total. The highest BCUT2D eigenvalue weighted by atomic mass is 16.5. The molecule has 2 aliphatic heterocycles. The van der Waals surface area contributed by atoms with E-state index in [0.29, 0.717) is 54.6 Å². The van der Waals surface area contributed by atoms with E-state index in [1.807, 2.05) is 12.1 Å². The first-order chi connectivity index (χ1) is 16.5. The van der Waals surface area contributed by atoms with E-state index in [9.17, 15) is 9.59 Å². The van der Waals surface area contributed by atoms with Gasteiger partial charge in [-0.1, -0.05) is 6.07 Å². The summed E-state index contributed by atoms with van der Waals surface area (Å²) < 4.78 is 21.8. The summed E-state index contributed by atoms with van der Waals surface area (Å²) in [6.07, 6.45) is 0.974. The number of fused-ring (bicyclic) bond motifs is 1. The van der Waals surface area contributed by atoms with Crippen molar-refractivity contribution in [2.24, 2.45) is 5.92 Å². The van der Waals surface area contributed by atoms with E-state index in [4.69, 9.17) is 24.2 Å². The minimum Gasteiger partial charge on any atom is -0.493 e. The Hall–Kier alpha value is -3.57. The van der Waals surface area contributed by atoms with Gasteiger partial charge >= 0.3 is 0 Å². The van der Waals surface area contributed by atoms with Gasteiger partial charge in [-0.3, -0.25) is 9.59 Å². The van der Waals surface area contributed by atoms with Crippen LogP contribution in [0, 0.1) is 17.2 Å². The van der Waals surface area contributed by atoms with Gasteiger partial charge in [0.15, 0.2) is 23.4 Å². The van der Waals surface area contributed by atoms with Crippen molar-refractivity contribution in [2.75, 3.05) is 32.3 Å². The Morgan fingerprint density at radius 3 is 2.50 bits per heavy atom. The van der Waals surface area contributed by atoms with Gasteiger partial charge in [0.1, 0.15) is 17.7 Å². The Labute approximate surface area is 199 Å². The molecule has 34 heavy (non-hydrogen) atoms. The van der Waals surface area contributed by atoms with Gasteiger partial charge in [-0.05, 0) is 62.1 Å². The molecule has 0 radical (unpaired) electrons. The third kappa shape index (κ3) is 4.57. The molecule has 0 bridgehead atoms. The largest absolute Gasteiger partial charge is 0.493 e. The summed E-state index contributed by atoms with van der Waals surface area (Å²) in [4.78, 5) is 29.1. The first kappa shape index (κ1) is 23.6. The molecular formula is C26H28N2O6. The molecule has 0 aromatic heterocycles. The number of nitrogens with zero attached hydrogens (tertiary/aromatic N) is 2. The molecule has 1 fully saturated rings. The van der Waals surface area contributed by atoms with Crippen molar-refractivity contribution in [3.63, 3.8) is 0 Å². The molecule has 2 aromatic carbocycles. The number of rotatable bonds is 7. The van der Waals surface area contributed by atoms with Crippen molar-refractivity contribution in [3.05, 3.63) is 47.5 Å². The van der Waals surface area contributed by atoms with Gasteiger partial charge in [0.25, 0.3) is 0 Å². The molecule has 8 heteroatoms. The zero-order valence-electron chi connectivity index (χ0n) is 19.6. The lowest BCUT2D eigenvalue weighted by Crippen LogP contribution is -2.52. The lowest BCUT2D eigenvalue weighted by atomic mass is 9.84. The molecule has 2 aliphatic rings. The van der Waals surface area contributed by atoms with Crippen LogP contribution in [0.1, 0.15) is 35.7 Å². The van der Waals surface area contributed by atoms with Gasteiger partial charge in [-0.2, -0.15) is 5.26 Å². The molecule has 178 valence electrons. The molecule has 0 spiro atoms. The summed E-state index contributed by atoms with van der Waals surface area (Å²) in [5, 5.41) is 9.09. The van der Waals surface area contributed by atoms with E-state index in [1.54, 1.807) is 56.4 Å². The van der Waals surface area contributed by atoms with Crippen molar-refractivity contribution >= 4 is 17.4 Å². The molecule has 2 heterocycles. The Morgan fingerprint density at radius 1 is 1.09 bits per heavy atom. The van der Waals surface area contributed by atoms with Gasteiger partial charge in [-0.15, -0.1) is 0 Å². The molecule has 0 saturated carbocycles. The fraction of sp³-hybridized carbons (Fsp3) is 0.423. The van der Waals surface area contributed by atoms with Crippen LogP contribution in [0.5, 0.6) is 17.2 Å². The van der Waals surface area contributed by atoms with E-state index in [1.165, 1.54) is 0 Å². The maximum Gasteiger partial charge on any atom is 0.238 e. The Balaban J connectivity index is 1.72. The van der Waals surface area contributed by atoms with Crippen LogP contribution in [-0.2, 0) is 16.0 Å². The topological polar surface area (TPSA) is 98.1 Å². The van der Waals surface area contributed by atoms with Crippen molar-refractivity contribution in [2.45, 2.75) is 38.3 Å². The number of methoxy groups -OCH3 is 2. The Bertz CT molecular complexity index is 1120. The third-order valence-electron chi connectivity index (χ3n) is 6.28. The highest BCUT2D eigenvalue weighted by Gasteiger charge is 2.42. The van der Waals surface area contributed by atoms with E-state index in [0.717, 1.165) is 5.56 Å². The first-order valence-corrected chi connectivity index (χ1v) is 11.3. The number of hydrogen-bond acceptors (Lipinski definition) is 7. The number of anilines is 1. The number of amides is 1. The van der Waals surface area contributed by atoms with Crippen molar-refractivity contribution in [1.82, 2.24) is 0 Å². The lowest BCUT2D eigenvalue weighted by molar-refractivity contribution is -0.122. The molecular weight excluding hydrogens is 436 g/mol. The zero-order chi connectivity index (χ0) is 24.2. The summed E-state index contributed by atoms with van der Waals surface area (Å²) in [7, 11) is 3.10. The van der Waals surface area contributed by atoms with Crippen LogP contribution in [0.4, 0.5) is 5.69 Å². The van der Waals surface area contributed by atoms with E-state index in [2.05, 4.69) is 0 Å². The average molecular weight is 465 g/mol. The zero-order valence-corrected chi connectivity index (χ0v) is 19.6. The fourth-order valence-electron chi connectivity index (χ4n) is 4.56. The van der Waals surface area contributed by atoms with Gasteiger partial charge in [0.2, 0.25) is 5.91 Å². The predicted molar refractivity (Wildman–Crippen MR) is 125 cm³/mol. The standard InChI is InChI=1S/C26H28N2O6/c1-16(15-27)34-19-5-6-22-20(14-19)25(29)21(26(30)28(22)18-8-10-33-11-9-18)12-17-4-7-23(31-2)24(13-17)32-3/h4-7,13-14,16,18,21H,8-12H2,1-3H3. The molecule has 4 rings (SSSR count). The Morgan fingerprint density at radius 2 is 1.82 bits per heavy atom. The van der Waals surface area contributed by atoms with Crippen LogP contribution in [0.15, 0.2) is 36.4 Å². The lowest BCUT2D eigenvalue weighted by Gasteiger charge is -2.40.